The van der Waals surface area contributed by atoms with Gasteiger partial charge in [-0.15, -0.1) is 0 Å². The molecule has 0 bridgehead atoms. The van der Waals surface area contributed by atoms with Gasteiger partial charge in [0.05, 0.1) is 10.6 Å². The Morgan fingerprint density at radius 1 is 0.921 bits per heavy atom. The third-order valence-corrected chi connectivity index (χ3v) is 8.31. The number of nitrogens with zero attached hydrogens (tertiary/aromatic N) is 2. The Bertz CT molecular complexity index is 1370. The molecule has 38 heavy (non-hydrogen) atoms. The molecule has 0 saturated carbocycles. The van der Waals surface area contributed by atoms with Crippen molar-refractivity contribution in [3.63, 3.8) is 0 Å². The van der Waals surface area contributed by atoms with Gasteiger partial charge in [0, 0.05) is 16.6 Å². The monoisotopic (exact) mass is 599 g/mol. The smallest absolute Gasteiger partial charge is 0.264 e. The summed E-state index contributed by atoms with van der Waals surface area (Å²) in [4.78, 5) is 28.6. The van der Waals surface area contributed by atoms with Crippen LogP contribution in [0.2, 0.25) is 0 Å². The molecule has 0 aromatic heterocycles. The number of carbonyl (C=O) groups is 2. The average Bonchev–Trinajstić information content (AvgIpc) is 2.86. The van der Waals surface area contributed by atoms with Gasteiger partial charge in [-0.05, 0) is 82.1 Å². The minimum Gasteiger partial charge on any atom is -0.350 e. The summed E-state index contributed by atoms with van der Waals surface area (Å²) in [6, 6.07) is 21.5. The maximum absolute atomic E-state index is 13.9. The third kappa shape index (κ3) is 7.45. The van der Waals surface area contributed by atoms with Gasteiger partial charge in [-0.1, -0.05) is 58.4 Å². The number of hydrogen-bond donors (Lipinski definition) is 1. The van der Waals surface area contributed by atoms with Crippen molar-refractivity contribution in [2.24, 2.45) is 0 Å². The van der Waals surface area contributed by atoms with Gasteiger partial charge in [-0.3, -0.25) is 13.9 Å². The zero-order valence-electron chi connectivity index (χ0n) is 22.3. The van der Waals surface area contributed by atoms with E-state index in [1.54, 1.807) is 49.4 Å². The molecule has 1 atom stereocenters. The van der Waals surface area contributed by atoms with Crippen LogP contribution in [0.5, 0.6) is 0 Å². The first-order valence-corrected chi connectivity index (χ1v) is 14.5. The molecule has 0 aliphatic heterocycles. The summed E-state index contributed by atoms with van der Waals surface area (Å²) >= 11 is 3.38. The predicted molar refractivity (Wildman–Crippen MR) is 154 cm³/mol. The van der Waals surface area contributed by atoms with Crippen molar-refractivity contribution in [1.29, 1.82) is 0 Å². The van der Waals surface area contributed by atoms with Gasteiger partial charge in [-0.2, -0.15) is 0 Å². The number of anilines is 1. The Morgan fingerprint density at radius 2 is 1.50 bits per heavy atom. The lowest BCUT2D eigenvalue weighted by Gasteiger charge is -2.33. The molecular weight excluding hydrogens is 566 g/mol. The van der Waals surface area contributed by atoms with E-state index >= 15 is 0 Å². The van der Waals surface area contributed by atoms with Gasteiger partial charge in [0.1, 0.15) is 12.6 Å². The van der Waals surface area contributed by atoms with Crippen LogP contribution in [0.4, 0.5) is 5.69 Å². The lowest BCUT2D eigenvalue weighted by Crippen LogP contribution is -2.54. The average molecular weight is 601 g/mol. The molecule has 1 N–H and O–H groups in total. The van der Waals surface area contributed by atoms with Crippen LogP contribution in [0.15, 0.2) is 88.2 Å². The molecular formula is C29H34BrN3O4S. The van der Waals surface area contributed by atoms with Gasteiger partial charge in [-0.25, -0.2) is 8.42 Å². The molecule has 3 rings (SSSR count). The first-order chi connectivity index (χ1) is 17.8. The molecule has 0 radical (unpaired) electrons. The minimum absolute atomic E-state index is 0.0692. The molecule has 0 fully saturated rings. The quantitative estimate of drug-likeness (QED) is 0.362. The highest BCUT2D eigenvalue weighted by Gasteiger charge is 2.33. The second-order valence-electron chi connectivity index (χ2n) is 10.2. The SMILES string of the molecule is Cc1ccccc1CN(C(=O)CN(c1ccc(Br)cc1)S(=O)(=O)c1ccccc1)C(C)C(=O)NC(C)(C)C. The van der Waals surface area contributed by atoms with E-state index in [4.69, 9.17) is 0 Å². The highest BCUT2D eigenvalue weighted by molar-refractivity contribution is 9.10. The molecule has 2 amide bonds. The number of halogens is 1. The molecule has 0 spiro atoms. The van der Waals surface area contributed by atoms with Crippen LogP contribution in [-0.4, -0.2) is 43.3 Å². The fourth-order valence-corrected chi connectivity index (χ4v) is 5.58. The molecule has 0 aliphatic rings. The summed E-state index contributed by atoms with van der Waals surface area (Å²) in [6.45, 7) is 8.88. The summed E-state index contributed by atoms with van der Waals surface area (Å²) in [5.74, 6) is -0.812. The van der Waals surface area contributed by atoms with E-state index < -0.39 is 34.1 Å². The normalized spacial score (nSPS) is 12.5. The zero-order valence-corrected chi connectivity index (χ0v) is 24.7. The topological polar surface area (TPSA) is 86.8 Å². The lowest BCUT2D eigenvalue weighted by atomic mass is 10.1. The van der Waals surface area contributed by atoms with Crippen molar-refractivity contribution in [2.45, 2.75) is 57.6 Å². The van der Waals surface area contributed by atoms with Crippen LogP contribution in [0, 0.1) is 6.92 Å². The van der Waals surface area contributed by atoms with Crippen molar-refractivity contribution in [1.82, 2.24) is 10.2 Å². The van der Waals surface area contributed by atoms with Crippen molar-refractivity contribution in [2.75, 3.05) is 10.8 Å². The maximum atomic E-state index is 13.9. The molecule has 9 heteroatoms. The number of sulfonamides is 1. The molecule has 3 aromatic rings. The van der Waals surface area contributed by atoms with Crippen LogP contribution in [0.25, 0.3) is 0 Å². The zero-order chi connectivity index (χ0) is 28.1. The van der Waals surface area contributed by atoms with Crippen molar-refractivity contribution < 1.29 is 18.0 Å². The van der Waals surface area contributed by atoms with Crippen molar-refractivity contribution >= 4 is 43.5 Å². The molecule has 1 unspecified atom stereocenters. The Hall–Kier alpha value is -3.17. The van der Waals surface area contributed by atoms with E-state index in [9.17, 15) is 18.0 Å². The number of hydrogen-bond acceptors (Lipinski definition) is 4. The van der Waals surface area contributed by atoms with E-state index in [-0.39, 0.29) is 17.3 Å². The summed E-state index contributed by atoms with van der Waals surface area (Å²) in [5, 5.41) is 2.93. The van der Waals surface area contributed by atoms with Gasteiger partial charge < -0.3 is 10.2 Å². The summed E-state index contributed by atoms with van der Waals surface area (Å²) in [5.41, 5.74) is 1.68. The van der Waals surface area contributed by atoms with Gasteiger partial charge >= 0.3 is 0 Å². The minimum atomic E-state index is -4.08. The maximum Gasteiger partial charge on any atom is 0.264 e. The number of carbonyl (C=O) groups excluding carboxylic acids is 2. The van der Waals surface area contributed by atoms with Crippen LogP contribution < -0.4 is 9.62 Å². The van der Waals surface area contributed by atoms with Crippen LogP contribution in [0.1, 0.15) is 38.8 Å². The summed E-state index contributed by atoms with van der Waals surface area (Å²) < 4.78 is 29.4. The lowest BCUT2D eigenvalue weighted by molar-refractivity contribution is -0.140. The number of nitrogens with one attached hydrogen (secondary N) is 1. The van der Waals surface area contributed by atoms with Crippen LogP contribution in [0.3, 0.4) is 0 Å². The van der Waals surface area contributed by atoms with Crippen LogP contribution >= 0.6 is 15.9 Å². The van der Waals surface area contributed by atoms with Gasteiger partial charge in [0.15, 0.2) is 0 Å². The number of benzene rings is 3. The second kappa shape index (κ2) is 12.1. The standard InChI is InChI=1S/C29H34BrN3O4S/c1-21-11-9-10-12-23(21)19-32(22(2)28(35)31-29(3,4)5)27(34)20-33(25-17-15-24(30)16-18-25)38(36,37)26-13-7-6-8-14-26/h6-18,22H,19-20H2,1-5H3,(H,31,35). The highest BCUT2D eigenvalue weighted by Crippen LogP contribution is 2.26. The largest absolute Gasteiger partial charge is 0.350 e. The van der Waals surface area contributed by atoms with Crippen molar-refractivity contribution in [3.05, 3.63) is 94.5 Å². The van der Waals surface area contributed by atoms with E-state index in [1.807, 2.05) is 52.0 Å². The number of rotatable bonds is 9. The summed E-state index contributed by atoms with van der Waals surface area (Å²) in [6.07, 6.45) is 0. The third-order valence-electron chi connectivity index (χ3n) is 5.99. The molecule has 0 aliphatic carbocycles. The number of aryl methyl sites for hydroxylation is 1. The van der Waals surface area contributed by atoms with Gasteiger partial charge in [0.2, 0.25) is 11.8 Å². The Balaban J connectivity index is 2.03. The highest BCUT2D eigenvalue weighted by atomic mass is 79.9. The van der Waals surface area contributed by atoms with Crippen molar-refractivity contribution in [3.8, 4) is 0 Å². The van der Waals surface area contributed by atoms with E-state index in [0.717, 1.165) is 19.9 Å². The van der Waals surface area contributed by atoms with Crippen LogP contribution in [-0.2, 0) is 26.2 Å². The first kappa shape index (κ1) is 29.4. The van der Waals surface area contributed by atoms with E-state index in [1.165, 1.54) is 17.0 Å². The van der Waals surface area contributed by atoms with E-state index in [0.29, 0.717) is 5.69 Å². The fraction of sp³-hybridized carbons (Fsp3) is 0.310. The Morgan fingerprint density at radius 3 is 2.08 bits per heavy atom. The van der Waals surface area contributed by atoms with E-state index in [2.05, 4.69) is 21.2 Å². The Kier molecular flexibility index (Phi) is 9.38. The number of amides is 2. The molecule has 0 heterocycles. The molecule has 3 aromatic carbocycles. The molecule has 202 valence electrons. The van der Waals surface area contributed by atoms with Gasteiger partial charge in [0.25, 0.3) is 10.0 Å². The molecule has 7 nitrogen and oxygen atoms in total. The second-order valence-corrected chi connectivity index (χ2v) is 12.9. The first-order valence-electron chi connectivity index (χ1n) is 12.3. The summed E-state index contributed by atoms with van der Waals surface area (Å²) in [7, 11) is -4.08. The Labute approximate surface area is 234 Å². The predicted octanol–water partition coefficient (Wildman–Crippen LogP) is 5.28. The fourth-order valence-electron chi connectivity index (χ4n) is 3.88. The molecule has 0 saturated heterocycles.